The van der Waals surface area contributed by atoms with Gasteiger partial charge in [-0.1, -0.05) is 18.2 Å². The molecule has 0 N–H and O–H groups in total. The Balaban J connectivity index is 2.21. The highest BCUT2D eigenvalue weighted by Gasteiger charge is 2.19. The van der Waals surface area contributed by atoms with E-state index >= 15 is 0 Å². The van der Waals surface area contributed by atoms with Crippen LogP contribution in [0.15, 0.2) is 42.5 Å². The van der Waals surface area contributed by atoms with E-state index in [0.717, 1.165) is 11.1 Å². The van der Waals surface area contributed by atoms with Crippen LogP contribution in [0.5, 0.6) is 0 Å². The molecule has 0 aliphatic heterocycles. The predicted molar refractivity (Wildman–Crippen MR) is 82.8 cm³/mol. The van der Waals surface area contributed by atoms with Crippen molar-refractivity contribution in [1.29, 1.82) is 0 Å². The van der Waals surface area contributed by atoms with Crippen molar-refractivity contribution in [3.8, 4) is 0 Å². The van der Waals surface area contributed by atoms with Crippen LogP contribution >= 0.6 is 0 Å². The molecule has 2 rings (SSSR count). The third-order valence-electron chi connectivity index (χ3n) is 4.01. The van der Waals surface area contributed by atoms with Crippen molar-refractivity contribution in [2.24, 2.45) is 0 Å². The molecule has 2 aromatic carbocycles. The van der Waals surface area contributed by atoms with Crippen molar-refractivity contribution in [1.82, 2.24) is 4.90 Å². The molecular weight excluding hydrogens is 265 g/mol. The van der Waals surface area contributed by atoms with Gasteiger partial charge >= 0.3 is 0 Å². The first-order valence-corrected chi connectivity index (χ1v) is 7.00. The van der Waals surface area contributed by atoms with Crippen LogP contribution in [0, 0.1) is 19.7 Å². The Hall–Kier alpha value is -2.16. The minimum atomic E-state index is -0.269. The first-order chi connectivity index (χ1) is 9.90. The molecule has 0 saturated carbocycles. The fourth-order valence-corrected chi connectivity index (χ4v) is 2.22. The summed E-state index contributed by atoms with van der Waals surface area (Å²) in [4.78, 5) is 14.2. The molecule has 21 heavy (non-hydrogen) atoms. The molecule has 0 aliphatic carbocycles. The van der Waals surface area contributed by atoms with Crippen LogP contribution in [0.1, 0.15) is 40.0 Å². The highest BCUT2D eigenvalue weighted by molar-refractivity contribution is 5.94. The van der Waals surface area contributed by atoms with Crippen molar-refractivity contribution >= 4 is 5.91 Å². The maximum absolute atomic E-state index is 13.0. The summed E-state index contributed by atoms with van der Waals surface area (Å²) in [6.45, 7) is 5.95. The minimum absolute atomic E-state index is 0.0325. The molecule has 0 radical (unpaired) electrons. The largest absolute Gasteiger partial charge is 0.335 e. The highest BCUT2D eigenvalue weighted by Crippen LogP contribution is 2.21. The van der Waals surface area contributed by atoms with Gasteiger partial charge in [0.15, 0.2) is 0 Å². The van der Waals surface area contributed by atoms with Gasteiger partial charge in [-0.05, 0) is 61.7 Å². The summed E-state index contributed by atoms with van der Waals surface area (Å²) < 4.78 is 13.0. The average Bonchev–Trinajstić information content (AvgIpc) is 2.48. The number of nitrogens with zero attached hydrogens (tertiary/aromatic N) is 1. The summed E-state index contributed by atoms with van der Waals surface area (Å²) in [6.07, 6.45) is 0. The van der Waals surface area contributed by atoms with Crippen LogP contribution in [0.3, 0.4) is 0 Å². The lowest BCUT2D eigenvalue weighted by Gasteiger charge is -2.25. The summed E-state index contributed by atoms with van der Waals surface area (Å²) in [6, 6.07) is 11.9. The summed E-state index contributed by atoms with van der Waals surface area (Å²) in [5.74, 6) is -0.302. The first-order valence-electron chi connectivity index (χ1n) is 7.00. The van der Waals surface area contributed by atoms with E-state index in [1.165, 1.54) is 17.7 Å². The number of aryl methyl sites for hydroxylation is 2. The van der Waals surface area contributed by atoms with Gasteiger partial charge in [0, 0.05) is 12.6 Å². The summed E-state index contributed by atoms with van der Waals surface area (Å²) in [5, 5.41) is 0. The van der Waals surface area contributed by atoms with E-state index in [9.17, 15) is 9.18 Å². The molecule has 0 saturated heterocycles. The summed E-state index contributed by atoms with van der Waals surface area (Å²) in [5.41, 5.74) is 3.86. The van der Waals surface area contributed by atoms with E-state index < -0.39 is 0 Å². The Kier molecular flexibility index (Phi) is 4.41. The third-order valence-corrected chi connectivity index (χ3v) is 4.01. The van der Waals surface area contributed by atoms with Gasteiger partial charge < -0.3 is 4.90 Å². The van der Waals surface area contributed by atoms with Gasteiger partial charge in [0.1, 0.15) is 5.82 Å². The number of halogens is 1. The quantitative estimate of drug-likeness (QED) is 0.824. The number of amides is 1. The van der Waals surface area contributed by atoms with E-state index in [2.05, 4.69) is 0 Å². The van der Waals surface area contributed by atoms with Crippen LogP contribution in [-0.4, -0.2) is 17.9 Å². The van der Waals surface area contributed by atoms with E-state index in [1.54, 1.807) is 24.1 Å². The molecular formula is C18H20FNO. The van der Waals surface area contributed by atoms with Gasteiger partial charge in [-0.3, -0.25) is 4.79 Å². The summed E-state index contributed by atoms with van der Waals surface area (Å²) in [7, 11) is 1.77. The maximum Gasteiger partial charge on any atom is 0.254 e. The second-order valence-electron chi connectivity index (χ2n) is 5.44. The lowest BCUT2D eigenvalue weighted by molar-refractivity contribution is 0.0742. The van der Waals surface area contributed by atoms with E-state index in [-0.39, 0.29) is 17.8 Å². The molecule has 1 unspecified atom stereocenters. The smallest absolute Gasteiger partial charge is 0.254 e. The number of carbonyl (C=O) groups is 1. The third kappa shape index (κ3) is 3.30. The normalized spacial score (nSPS) is 12.0. The Bertz CT molecular complexity index is 649. The zero-order valence-corrected chi connectivity index (χ0v) is 12.9. The molecule has 0 aromatic heterocycles. The molecule has 2 aromatic rings. The van der Waals surface area contributed by atoms with Crippen molar-refractivity contribution < 1.29 is 9.18 Å². The molecule has 110 valence electrons. The fourth-order valence-electron chi connectivity index (χ4n) is 2.22. The minimum Gasteiger partial charge on any atom is -0.335 e. The van der Waals surface area contributed by atoms with Gasteiger partial charge in [-0.2, -0.15) is 0 Å². The Labute approximate surface area is 125 Å². The SMILES string of the molecule is Cc1ccc(C(=O)N(C)C(C)c2ccc(F)cc2)cc1C. The second-order valence-corrected chi connectivity index (χ2v) is 5.44. The van der Waals surface area contributed by atoms with Crippen LogP contribution in [-0.2, 0) is 0 Å². The topological polar surface area (TPSA) is 20.3 Å². The second kappa shape index (κ2) is 6.08. The van der Waals surface area contributed by atoms with Gasteiger partial charge in [0.2, 0.25) is 0 Å². The van der Waals surface area contributed by atoms with Crippen molar-refractivity contribution in [3.05, 3.63) is 70.5 Å². The number of rotatable bonds is 3. The zero-order valence-electron chi connectivity index (χ0n) is 12.9. The first kappa shape index (κ1) is 15.2. The standard InChI is InChI=1S/C18H20FNO/c1-12-5-6-16(11-13(12)2)18(21)20(4)14(3)15-7-9-17(19)10-8-15/h5-11,14H,1-4H3. The fraction of sp³-hybridized carbons (Fsp3) is 0.278. The summed E-state index contributed by atoms with van der Waals surface area (Å²) >= 11 is 0. The maximum atomic E-state index is 13.0. The van der Waals surface area contributed by atoms with Crippen molar-refractivity contribution in [2.45, 2.75) is 26.8 Å². The molecule has 0 heterocycles. The van der Waals surface area contributed by atoms with E-state index in [1.807, 2.05) is 39.0 Å². The molecule has 3 heteroatoms. The zero-order chi connectivity index (χ0) is 15.6. The predicted octanol–water partition coefficient (Wildman–Crippen LogP) is 4.28. The number of carbonyl (C=O) groups excluding carboxylic acids is 1. The molecule has 0 bridgehead atoms. The Morgan fingerprint density at radius 1 is 1.05 bits per heavy atom. The molecule has 1 amide bonds. The molecule has 0 spiro atoms. The van der Waals surface area contributed by atoms with E-state index in [0.29, 0.717) is 5.56 Å². The van der Waals surface area contributed by atoms with Crippen molar-refractivity contribution in [3.63, 3.8) is 0 Å². The van der Waals surface area contributed by atoms with Crippen LogP contribution in [0.25, 0.3) is 0 Å². The average molecular weight is 285 g/mol. The van der Waals surface area contributed by atoms with Crippen LogP contribution in [0.4, 0.5) is 4.39 Å². The molecule has 0 aliphatic rings. The lowest BCUT2D eigenvalue weighted by Crippen LogP contribution is -2.29. The Morgan fingerprint density at radius 3 is 2.24 bits per heavy atom. The van der Waals surface area contributed by atoms with Gasteiger partial charge in [0.25, 0.3) is 5.91 Å². The van der Waals surface area contributed by atoms with Crippen LogP contribution < -0.4 is 0 Å². The lowest BCUT2D eigenvalue weighted by atomic mass is 10.0. The van der Waals surface area contributed by atoms with Crippen LogP contribution in [0.2, 0.25) is 0 Å². The Morgan fingerprint density at radius 2 is 1.67 bits per heavy atom. The van der Waals surface area contributed by atoms with Crippen molar-refractivity contribution in [2.75, 3.05) is 7.05 Å². The number of benzene rings is 2. The monoisotopic (exact) mass is 285 g/mol. The van der Waals surface area contributed by atoms with E-state index in [4.69, 9.17) is 0 Å². The van der Waals surface area contributed by atoms with Gasteiger partial charge in [-0.15, -0.1) is 0 Å². The molecule has 2 nitrogen and oxygen atoms in total. The highest BCUT2D eigenvalue weighted by atomic mass is 19.1. The number of hydrogen-bond donors (Lipinski definition) is 0. The molecule has 1 atom stereocenters. The molecule has 0 fully saturated rings. The number of hydrogen-bond acceptors (Lipinski definition) is 1. The van der Waals surface area contributed by atoms with Gasteiger partial charge in [0.05, 0.1) is 6.04 Å². The van der Waals surface area contributed by atoms with Gasteiger partial charge in [-0.25, -0.2) is 4.39 Å².